The maximum absolute atomic E-state index is 12.4. The molecule has 7 nitrogen and oxygen atoms in total. The first-order chi connectivity index (χ1) is 11.4. The van der Waals surface area contributed by atoms with Crippen LogP contribution in [0.5, 0.6) is 0 Å². The molecule has 1 aromatic heterocycles. The van der Waals surface area contributed by atoms with Gasteiger partial charge in [0.25, 0.3) is 11.5 Å². The van der Waals surface area contributed by atoms with E-state index < -0.39 is 11.2 Å². The van der Waals surface area contributed by atoms with E-state index in [0.29, 0.717) is 28.9 Å². The van der Waals surface area contributed by atoms with Gasteiger partial charge in [0.15, 0.2) is 0 Å². The molecule has 0 aliphatic heterocycles. The van der Waals surface area contributed by atoms with Crippen LogP contribution in [0.1, 0.15) is 30.6 Å². The molecule has 1 amide bonds. The number of nitrogens with zero attached hydrogens (tertiary/aromatic N) is 1. The van der Waals surface area contributed by atoms with Gasteiger partial charge in [0.2, 0.25) is 0 Å². The van der Waals surface area contributed by atoms with Crippen LogP contribution in [0, 0.1) is 5.92 Å². The lowest BCUT2D eigenvalue weighted by atomic mass is 10.1. The summed E-state index contributed by atoms with van der Waals surface area (Å²) < 4.78 is 6.00. The van der Waals surface area contributed by atoms with Gasteiger partial charge < -0.3 is 15.0 Å². The zero-order valence-corrected chi connectivity index (χ0v) is 14.2. The molecule has 0 radical (unpaired) electrons. The molecule has 7 heteroatoms. The molecule has 0 aliphatic rings. The maximum atomic E-state index is 12.4. The Morgan fingerprint density at radius 1 is 1.33 bits per heavy atom. The first-order valence-corrected chi connectivity index (χ1v) is 7.98. The maximum Gasteiger partial charge on any atom is 0.328 e. The number of amides is 1. The van der Waals surface area contributed by atoms with Gasteiger partial charge in [-0.1, -0.05) is 13.8 Å². The SMILES string of the molecule is COCCn1c(=O)[nH]c2cc(C(=O)NCCC(C)C)ccc2c1=O. The van der Waals surface area contributed by atoms with E-state index in [2.05, 4.69) is 24.1 Å². The Morgan fingerprint density at radius 3 is 2.75 bits per heavy atom. The molecule has 0 saturated heterocycles. The molecule has 0 fully saturated rings. The van der Waals surface area contributed by atoms with E-state index in [4.69, 9.17) is 4.74 Å². The first kappa shape index (κ1) is 17.9. The van der Waals surface area contributed by atoms with E-state index in [0.717, 1.165) is 11.0 Å². The van der Waals surface area contributed by atoms with Crippen LogP contribution in [0.4, 0.5) is 0 Å². The van der Waals surface area contributed by atoms with Crippen molar-refractivity contribution in [3.63, 3.8) is 0 Å². The standard InChI is InChI=1S/C17H23N3O4/c1-11(2)6-7-18-15(21)12-4-5-13-14(10-12)19-17(23)20(16(13)22)8-9-24-3/h4-5,10-11H,6-9H2,1-3H3,(H,18,21)(H,19,23). The first-order valence-electron chi connectivity index (χ1n) is 7.98. The molecule has 1 aromatic carbocycles. The van der Waals surface area contributed by atoms with Gasteiger partial charge in [0, 0.05) is 19.2 Å². The summed E-state index contributed by atoms with van der Waals surface area (Å²) in [6.45, 7) is 5.20. The Bertz CT molecular complexity index is 836. The number of aromatic amines is 1. The zero-order valence-electron chi connectivity index (χ0n) is 14.2. The van der Waals surface area contributed by atoms with Crippen LogP contribution in [0.25, 0.3) is 10.9 Å². The summed E-state index contributed by atoms with van der Waals surface area (Å²) in [5, 5.41) is 3.20. The summed E-state index contributed by atoms with van der Waals surface area (Å²) in [4.78, 5) is 39.2. The van der Waals surface area contributed by atoms with Crippen molar-refractivity contribution in [3.05, 3.63) is 44.6 Å². The summed E-state index contributed by atoms with van der Waals surface area (Å²) >= 11 is 0. The average molecular weight is 333 g/mol. The zero-order chi connectivity index (χ0) is 17.7. The summed E-state index contributed by atoms with van der Waals surface area (Å²) in [7, 11) is 1.50. The number of carbonyl (C=O) groups is 1. The predicted octanol–water partition coefficient (Wildman–Crippen LogP) is 1.11. The largest absolute Gasteiger partial charge is 0.383 e. The molecule has 130 valence electrons. The molecule has 0 unspecified atom stereocenters. The van der Waals surface area contributed by atoms with Crippen molar-refractivity contribution < 1.29 is 9.53 Å². The Morgan fingerprint density at radius 2 is 2.08 bits per heavy atom. The third-order valence-corrected chi connectivity index (χ3v) is 3.77. The smallest absolute Gasteiger partial charge is 0.328 e. The normalized spacial score (nSPS) is 11.2. The van der Waals surface area contributed by atoms with E-state index in [1.165, 1.54) is 13.2 Å². The van der Waals surface area contributed by atoms with Gasteiger partial charge in [0.1, 0.15) is 0 Å². The minimum Gasteiger partial charge on any atom is -0.383 e. The third kappa shape index (κ3) is 4.11. The van der Waals surface area contributed by atoms with E-state index in [-0.39, 0.29) is 19.1 Å². The third-order valence-electron chi connectivity index (χ3n) is 3.77. The molecule has 0 saturated carbocycles. The van der Waals surface area contributed by atoms with E-state index in [9.17, 15) is 14.4 Å². The van der Waals surface area contributed by atoms with Crippen LogP contribution in [-0.2, 0) is 11.3 Å². The molecule has 2 rings (SSSR count). The van der Waals surface area contributed by atoms with E-state index >= 15 is 0 Å². The van der Waals surface area contributed by atoms with Crippen LogP contribution in [-0.4, -0.2) is 35.7 Å². The number of ether oxygens (including phenoxy) is 1. The fourth-order valence-electron chi connectivity index (χ4n) is 2.36. The lowest BCUT2D eigenvalue weighted by Gasteiger charge is -2.09. The van der Waals surface area contributed by atoms with Gasteiger partial charge in [0.05, 0.1) is 24.1 Å². The quantitative estimate of drug-likeness (QED) is 0.794. The van der Waals surface area contributed by atoms with Crippen LogP contribution >= 0.6 is 0 Å². The van der Waals surface area contributed by atoms with Crippen molar-refractivity contribution in [3.8, 4) is 0 Å². The van der Waals surface area contributed by atoms with Crippen LogP contribution in [0.15, 0.2) is 27.8 Å². The fourth-order valence-corrected chi connectivity index (χ4v) is 2.36. The number of benzene rings is 1. The van der Waals surface area contributed by atoms with Gasteiger partial charge in [-0.3, -0.25) is 14.2 Å². The molecule has 0 aliphatic carbocycles. The van der Waals surface area contributed by atoms with Crippen molar-refractivity contribution in [2.24, 2.45) is 5.92 Å². The Balaban J connectivity index is 2.30. The second kappa shape index (κ2) is 7.92. The highest BCUT2D eigenvalue weighted by molar-refractivity contribution is 5.97. The van der Waals surface area contributed by atoms with Crippen molar-refractivity contribution in [1.29, 1.82) is 0 Å². The average Bonchev–Trinajstić information content (AvgIpc) is 2.53. The number of methoxy groups -OCH3 is 1. The van der Waals surface area contributed by atoms with Gasteiger partial charge in [-0.15, -0.1) is 0 Å². The van der Waals surface area contributed by atoms with E-state index in [1.807, 2.05) is 0 Å². The molecule has 0 bridgehead atoms. The summed E-state index contributed by atoms with van der Waals surface area (Å²) in [5.41, 5.74) is -0.134. The van der Waals surface area contributed by atoms with Crippen molar-refractivity contribution in [1.82, 2.24) is 14.9 Å². The second-order valence-electron chi connectivity index (χ2n) is 6.08. The predicted molar refractivity (Wildman–Crippen MR) is 92.5 cm³/mol. The Hall–Kier alpha value is -2.41. The number of hydrogen-bond donors (Lipinski definition) is 2. The number of hydrogen-bond acceptors (Lipinski definition) is 4. The molecule has 1 heterocycles. The summed E-state index contributed by atoms with van der Waals surface area (Å²) in [5.74, 6) is 0.283. The van der Waals surface area contributed by atoms with Crippen molar-refractivity contribution >= 4 is 16.8 Å². The van der Waals surface area contributed by atoms with Crippen LogP contribution in [0.3, 0.4) is 0 Å². The number of aromatic nitrogens is 2. The topological polar surface area (TPSA) is 93.2 Å². The molecular weight excluding hydrogens is 310 g/mol. The summed E-state index contributed by atoms with van der Waals surface area (Å²) in [6.07, 6.45) is 0.889. The van der Waals surface area contributed by atoms with Crippen molar-refractivity contribution in [2.75, 3.05) is 20.3 Å². The number of nitrogens with one attached hydrogen (secondary N) is 2. The monoisotopic (exact) mass is 333 g/mol. The molecule has 0 spiro atoms. The van der Waals surface area contributed by atoms with E-state index in [1.54, 1.807) is 12.1 Å². The van der Waals surface area contributed by atoms with Crippen LogP contribution in [0.2, 0.25) is 0 Å². The fraction of sp³-hybridized carbons (Fsp3) is 0.471. The molecule has 0 atom stereocenters. The molecule has 2 N–H and O–H groups in total. The molecule has 2 aromatic rings. The highest BCUT2D eigenvalue weighted by atomic mass is 16.5. The highest BCUT2D eigenvalue weighted by Gasteiger charge is 2.11. The molecular formula is C17H23N3O4. The number of fused-ring (bicyclic) bond motifs is 1. The van der Waals surface area contributed by atoms with Gasteiger partial charge in [-0.05, 0) is 30.5 Å². The van der Waals surface area contributed by atoms with Gasteiger partial charge >= 0.3 is 5.69 Å². The minimum absolute atomic E-state index is 0.179. The Labute approximate surface area is 139 Å². The Kier molecular flexibility index (Phi) is 5.92. The molecule has 24 heavy (non-hydrogen) atoms. The highest BCUT2D eigenvalue weighted by Crippen LogP contribution is 2.09. The number of rotatable bonds is 7. The van der Waals surface area contributed by atoms with Gasteiger partial charge in [-0.2, -0.15) is 0 Å². The van der Waals surface area contributed by atoms with Crippen LogP contribution < -0.4 is 16.6 Å². The summed E-state index contributed by atoms with van der Waals surface area (Å²) in [6, 6.07) is 4.69. The lowest BCUT2D eigenvalue weighted by Crippen LogP contribution is -2.36. The minimum atomic E-state index is -0.512. The number of H-pyrrole nitrogens is 1. The number of carbonyl (C=O) groups excluding carboxylic acids is 1. The lowest BCUT2D eigenvalue weighted by molar-refractivity contribution is 0.0952. The van der Waals surface area contributed by atoms with Gasteiger partial charge in [-0.25, -0.2) is 4.79 Å². The van der Waals surface area contributed by atoms with Crippen molar-refractivity contribution in [2.45, 2.75) is 26.8 Å². The second-order valence-corrected chi connectivity index (χ2v) is 6.08.